The maximum absolute atomic E-state index is 13.0. The van der Waals surface area contributed by atoms with Crippen molar-refractivity contribution in [1.82, 2.24) is 5.32 Å². The van der Waals surface area contributed by atoms with Crippen LogP contribution in [-0.2, 0) is 16.2 Å². The molecule has 7 nitrogen and oxygen atoms in total. The van der Waals surface area contributed by atoms with Crippen LogP contribution in [0.25, 0.3) is 6.08 Å². The first-order valence-corrected chi connectivity index (χ1v) is 10.8. The molecular weight excluding hydrogens is 456 g/mol. The molecule has 0 bridgehead atoms. The molecule has 1 aliphatic rings. The number of halogens is 1. The van der Waals surface area contributed by atoms with Crippen LogP contribution < -0.4 is 19.7 Å². The lowest BCUT2D eigenvalue weighted by molar-refractivity contribution is -0.122. The van der Waals surface area contributed by atoms with Gasteiger partial charge in [0.05, 0.1) is 12.8 Å². The normalized spacial score (nSPS) is 14.9. The van der Waals surface area contributed by atoms with Crippen LogP contribution in [-0.4, -0.2) is 25.0 Å². The first kappa shape index (κ1) is 23.1. The van der Waals surface area contributed by atoms with Gasteiger partial charge in [-0.1, -0.05) is 53.6 Å². The fourth-order valence-electron chi connectivity index (χ4n) is 3.41. The van der Waals surface area contributed by atoms with Gasteiger partial charge in [-0.05, 0) is 54.5 Å². The molecule has 0 radical (unpaired) electrons. The average molecular weight is 477 g/mol. The van der Waals surface area contributed by atoms with Gasteiger partial charge in [-0.2, -0.15) is 0 Å². The number of amides is 4. The second-order valence-corrected chi connectivity index (χ2v) is 8.06. The summed E-state index contributed by atoms with van der Waals surface area (Å²) in [6, 6.07) is 18.4. The Hall–Kier alpha value is -4.10. The Morgan fingerprint density at radius 2 is 1.74 bits per heavy atom. The highest BCUT2D eigenvalue weighted by molar-refractivity contribution is 6.39. The molecule has 0 atom stereocenters. The van der Waals surface area contributed by atoms with Gasteiger partial charge in [0.25, 0.3) is 11.8 Å². The van der Waals surface area contributed by atoms with Crippen molar-refractivity contribution >= 4 is 41.2 Å². The Labute approximate surface area is 201 Å². The fraction of sp³-hybridized carbons (Fsp3) is 0.115. The van der Waals surface area contributed by atoms with Crippen LogP contribution in [0, 0.1) is 6.92 Å². The van der Waals surface area contributed by atoms with E-state index in [4.69, 9.17) is 21.1 Å². The number of nitrogens with one attached hydrogen (secondary N) is 1. The average Bonchev–Trinajstić information content (AvgIpc) is 2.81. The van der Waals surface area contributed by atoms with Gasteiger partial charge < -0.3 is 9.47 Å². The van der Waals surface area contributed by atoms with Gasteiger partial charge in [-0.25, -0.2) is 9.69 Å². The molecule has 3 aromatic carbocycles. The Morgan fingerprint density at radius 3 is 2.44 bits per heavy atom. The van der Waals surface area contributed by atoms with E-state index in [9.17, 15) is 14.4 Å². The summed E-state index contributed by atoms with van der Waals surface area (Å²) in [4.78, 5) is 38.7. The topological polar surface area (TPSA) is 84.9 Å². The number of benzene rings is 3. The van der Waals surface area contributed by atoms with Gasteiger partial charge in [0, 0.05) is 5.02 Å². The van der Waals surface area contributed by atoms with Crippen molar-refractivity contribution in [2.45, 2.75) is 13.5 Å². The van der Waals surface area contributed by atoms with E-state index in [0.29, 0.717) is 28.7 Å². The Balaban J connectivity index is 1.59. The largest absolute Gasteiger partial charge is 0.493 e. The third kappa shape index (κ3) is 4.94. The summed E-state index contributed by atoms with van der Waals surface area (Å²) in [5.74, 6) is -0.588. The number of imide groups is 2. The van der Waals surface area contributed by atoms with E-state index in [1.807, 2.05) is 31.2 Å². The van der Waals surface area contributed by atoms with E-state index in [-0.39, 0.29) is 11.3 Å². The number of methoxy groups -OCH3 is 1. The van der Waals surface area contributed by atoms with Crippen molar-refractivity contribution in [3.8, 4) is 11.5 Å². The highest BCUT2D eigenvalue weighted by Crippen LogP contribution is 2.31. The second-order valence-electron chi connectivity index (χ2n) is 7.62. The SMILES string of the molecule is COc1cc(/C=C2\C(=O)NC(=O)N(c3cccc(Cl)c3)C2=O)ccc1OCc1ccc(C)cc1. The minimum Gasteiger partial charge on any atom is -0.493 e. The maximum Gasteiger partial charge on any atom is 0.335 e. The molecule has 34 heavy (non-hydrogen) atoms. The van der Waals surface area contributed by atoms with Gasteiger partial charge in [0.1, 0.15) is 12.2 Å². The molecule has 1 fully saturated rings. The Bertz CT molecular complexity index is 1300. The number of carbonyl (C=O) groups is 3. The van der Waals surface area contributed by atoms with Crippen LogP contribution in [0.4, 0.5) is 10.5 Å². The zero-order chi connectivity index (χ0) is 24.2. The molecule has 4 amide bonds. The van der Waals surface area contributed by atoms with Gasteiger partial charge in [-0.3, -0.25) is 14.9 Å². The van der Waals surface area contributed by atoms with Crippen molar-refractivity contribution < 1.29 is 23.9 Å². The van der Waals surface area contributed by atoms with E-state index >= 15 is 0 Å². The zero-order valence-corrected chi connectivity index (χ0v) is 19.3. The minimum absolute atomic E-state index is 0.199. The highest BCUT2D eigenvalue weighted by atomic mass is 35.5. The van der Waals surface area contributed by atoms with Crippen LogP contribution in [0.15, 0.2) is 72.3 Å². The molecule has 1 saturated heterocycles. The summed E-state index contributed by atoms with van der Waals surface area (Å²) in [5.41, 5.74) is 2.75. The lowest BCUT2D eigenvalue weighted by Gasteiger charge is -2.26. The van der Waals surface area contributed by atoms with Gasteiger partial charge in [0.2, 0.25) is 0 Å². The van der Waals surface area contributed by atoms with Crippen LogP contribution in [0.1, 0.15) is 16.7 Å². The third-order valence-corrected chi connectivity index (χ3v) is 5.42. The monoisotopic (exact) mass is 476 g/mol. The number of anilines is 1. The summed E-state index contributed by atoms with van der Waals surface area (Å²) in [7, 11) is 1.50. The van der Waals surface area contributed by atoms with Crippen molar-refractivity contribution in [3.63, 3.8) is 0 Å². The molecule has 0 unspecified atom stereocenters. The van der Waals surface area contributed by atoms with E-state index in [1.165, 1.54) is 19.3 Å². The number of barbiturate groups is 1. The quantitative estimate of drug-likeness (QED) is 0.404. The molecule has 172 valence electrons. The third-order valence-electron chi connectivity index (χ3n) is 5.18. The molecule has 1 aliphatic heterocycles. The number of hydrogen-bond donors (Lipinski definition) is 1. The molecule has 0 aromatic heterocycles. The van der Waals surface area contributed by atoms with Gasteiger partial charge in [0.15, 0.2) is 11.5 Å². The van der Waals surface area contributed by atoms with Crippen LogP contribution in [0.5, 0.6) is 11.5 Å². The summed E-state index contributed by atoms with van der Waals surface area (Å²) in [6.45, 7) is 2.37. The van der Waals surface area contributed by atoms with Gasteiger partial charge >= 0.3 is 6.03 Å². The Morgan fingerprint density at radius 1 is 0.971 bits per heavy atom. The summed E-state index contributed by atoms with van der Waals surface area (Å²) >= 11 is 6.00. The molecule has 3 aromatic rings. The molecule has 0 spiro atoms. The standard InChI is InChI=1S/C26H21ClN2O5/c1-16-6-8-17(9-7-16)15-34-22-11-10-18(13-23(22)33-2)12-21-24(30)28-26(32)29(25(21)31)20-5-3-4-19(27)14-20/h3-14H,15H2,1-2H3,(H,28,30,32)/b21-12+. The highest BCUT2D eigenvalue weighted by Gasteiger charge is 2.36. The molecule has 0 aliphatic carbocycles. The zero-order valence-electron chi connectivity index (χ0n) is 18.5. The molecule has 1 N–H and O–H groups in total. The lowest BCUT2D eigenvalue weighted by atomic mass is 10.1. The summed E-state index contributed by atoms with van der Waals surface area (Å²) in [5, 5.41) is 2.54. The second kappa shape index (κ2) is 9.80. The van der Waals surface area contributed by atoms with Gasteiger partial charge in [-0.15, -0.1) is 0 Å². The predicted molar refractivity (Wildman–Crippen MR) is 129 cm³/mol. The van der Waals surface area contributed by atoms with E-state index in [1.54, 1.807) is 36.4 Å². The van der Waals surface area contributed by atoms with Crippen LogP contribution in [0.2, 0.25) is 5.02 Å². The fourth-order valence-corrected chi connectivity index (χ4v) is 3.60. The van der Waals surface area contributed by atoms with E-state index < -0.39 is 17.8 Å². The van der Waals surface area contributed by atoms with Crippen LogP contribution in [0.3, 0.4) is 0 Å². The molecule has 1 heterocycles. The minimum atomic E-state index is -0.841. The van der Waals surface area contributed by atoms with E-state index in [2.05, 4.69) is 5.32 Å². The summed E-state index contributed by atoms with van der Waals surface area (Å²) in [6.07, 6.45) is 1.40. The predicted octanol–water partition coefficient (Wildman–Crippen LogP) is 4.90. The van der Waals surface area contributed by atoms with Crippen molar-refractivity contribution in [2.24, 2.45) is 0 Å². The number of aryl methyl sites for hydroxylation is 1. The van der Waals surface area contributed by atoms with Crippen molar-refractivity contribution in [3.05, 3.63) is 94.0 Å². The van der Waals surface area contributed by atoms with Crippen molar-refractivity contribution in [1.29, 1.82) is 0 Å². The van der Waals surface area contributed by atoms with E-state index in [0.717, 1.165) is 16.0 Å². The number of ether oxygens (including phenoxy) is 2. The first-order chi connectivity index (χ1) is 16.4. The number of rotatable bonds is 6. The number of hydrogen-bond acceptors (Lipinski definition) is 5. The number of carbonyl (C=O) groups excluding carboxylic acids is 3. The Kier molecular flexibility index (Phi) is 6.65. The maximum atomic E-state index is 13.0. The molecule has 4 rings (SSSR count). The molecular formula is C26H21ClN2O5. The number of urea groups is 1. The lowest BCUT2D eigenvalue weighted by Crippen LogP contribution is -2.54. The van der Waals surface area contributed by atoms with Crippen molar-refractivity contribution in [2.75, 3.05) is 12.0 Å². The smallest absolute Gasteiger partial charge is 0.335 e. The summed E-state index contributed by atoms with van der Waals surface area (Å²) < 4.78 is 11.3. The molecule has 8 heteroatoms. The van der Waals surface area contributed by atoms with Crippen LogP contribution >= 0.6 is 11.6 Å². The first-order valence-electron chi connectivity index (χ1n) is 10.4. The number of nitrogens with zero attached hydrogens (tertiary/aromatic N) is 1. The molecule has 0 saturated carbocycles.